The van der Waals surface area contributed by atoms with Gasteiger partial charge in [0.1, 0.15) is 12.2 Å². The highest BCUT2D eigenvalue weighted by atomic mass is 16.5. The van der Waals surface area contributed by atoms with Gasteiger partial charge < -0.3 is 14.9 Å². The van der Waals surface area contributed by atoms with Crippen LogP contribution < -0.4 is 15.9 Å². The molecule has 4 heteroatoms. The van der Waals surface area contributed by atoms with Gasteiger partial charge in [0.2, 0.25) is 11.2 Å². The van der Waals surface area contributed by atoms with Gasteiger partial charge in [-0.1, -0.05) is 42.5 Å². The fourth-order valence-electron chi connectivity index (χ4n) is 2.20. The van der Waals surface area contributed by atoms with Crippen LogP contribution in [0.5, 0.6) is 5.75 Å². The fourth-order valence-corrected chi connectivity index (χ4v) is 2.20. The molecule has 0 aliphatic heterocycles. The second-order valence-electron chi connectivity index (χ2n) is 4.59. The highest BCUT2D eigenvalue weighted by molar-refractivity contribution is 5.81. The summed E-state index contributed by atoms with van der Waals surface area (Å²) in [4.78, 5) is 12.6. The molecule has 106 valence electrons. The quantitative estimate of drug-likeness (QED) is 0.798. The third kappa shape index (κ3) is 2.53. The smallest absolute Gasteiger partial charge is 0.235 e. The molecule has 4 nitrogen and oxygen atoms in total. The van der Waals surface area contributed by atoms with Gasteiger partial charge in [-0.25, -0.2) is 0 Å². The Bertz CT molecular complexity index is 809. The average molecular weight is 281 g/mol. The fraction of sp³-hybridized carbons (Fsp3) is 0.118. The first-order valence-electron chi connectivity index (χ1n) is 6.75. The summed E-state index contributed by atoms with van der Waals surface area (Å²) in [6, 6.07) is 16.6. The summed E-state index contributed by atoms with van der Waals surface area (Å²) in [5.41, 5.74) is 6.63. The average Bonchev–Trinajstić information content (AvgIpc) is 2.55. The van der Waals surface area contributed by atoms with E-state index in [4.69, 9.17) is 14.9 Å². The molecule has 0 unspecified atom stereocenters. The predicted molar refractivity (Wildman–Crippen MR) is 82.5 cm³/mol. The number of hydrogen-bond donors (Lipinski definition) is 1. The van der Waals surface area contributed by atoms with Crippen molar-refractivity contribution < 1.29 is 9.15 Å². The minimum Gasteiger partial charge on any atom is -0.485 e. The standard InChI is InChI=1S/C17H15NO3/c18-10-11-20-17-15(19)13-8-4-5-9-14(13)21-16(17)12-6-2-1-3-7-12/h1-9H,10-11,18H2. The minimum atomic E-state index is -0.177. The summed E-state index contributed by atoms with van der Waals surface area (Å²) in [7, 11) is 0. The van der Waals surface area contributed by atoms with E-state index in [1.165, 1.54) is 0 Å². The number of fused-ring (bicyclic) bond motifs is 1. The third-order valence-corrected chi connectivity index (χ3v) is 3.16. The Morgan fingerprint density at radius 3 is 2.48 bits per heavy atom. The lowest BCUT2D eigenvalue weighted by Crippen LogP contribution is -2.16. The summed E-state index contributed by atoms with van der Waals surface area (Å²) < 4.78 is 11.4. The maximum absolute atomic E-state index is 12.6. The SMILES string of the molecule is NCCOc1c(-c2ccccc2)oc2ccccc2c1=O. The van der Waals surface area contributed by atoms with Crippen LogP contribution >= 0.6 is 0 Å². The van der Waals surface area contributed by atoms with Crippen molar-refractivity contribution >= 4 is 11.0 Å². The van der Waals surface area contributed by atoms with Crippen LogP contribution in [0.1, 0.15) is 0 Å². The lowest BCUT2D eigenvalue weighted by Gasteiger charge is -2.10. The van der Waals surface area contributed by atoms with Crippen molar-refractivity contribution in [3.8, 4) is 17.1 Å². The molecular weight excluding hydrogens is 266 g/mol. The molecule has 0 bridgehead atoms. The highest BCUT2D eigenvalue weighted by Gasteiger charge is 2.16. The molecule has 0 amide bonds. The van der Waals surface area contributed by atoms with Gasteiger partial charge in [-0.3, -0.25) is 4.79 Å². The van der Waals surface area contributed by atoms with Crippen LogP contribution in [0.25, 0.3) is 22.3 Å². The first-order chi connectivity index (χ1) is 10.3. The zero-order chi connectivity index (χ0) is 14.7. The normalized spacial score (nSPS) is 10.7. The molecule has 2 N–H and O–H groups in total. The summed E-state index contributed by atoms with van der Waals surface area (Å²) in [5, 5.41) is 0.504. The van der Waals surface area contributed by atoms with Gasteiger partial charge in [-0.2, -0.15) is 0 Å². The van der Waals surface area contributed by atoms with Gasteiger partial charge in [0, 0.05) is 12.1 Å². The van der Waals surface area contributed by atoms with Crippen LogP contribution in [0.3, 0.4) is 0 Å². The molecule has 2 aromatic carbocycles. The van der Waals surface area contributed by atoms with E-state index in [0.29, 0.717) is 23.3 Å². The van der Waals surface area contributed by atoms with Gasteiger partial charge in [0.25, 0.3) is 0 Å². The Hall–Kier alpha value is -2.59. The minimum absolute atomic E-state index is 0.177. The maximum atomic E-state index is 12.6. The van der Waals surface area contributed by atoms with Crippen LogP contribution in [-0.4, -0.2) is 13.2 Å². The molecule has 1 aromatic heterocycles. The van der Waals surface area contributed by atoms with Gasteiger partial charge in [0.15, 0.2) is 5.76 Å². The molecule has 3 aromatic rings. The largest absolute Gasteiger partial charge is 0.485 e. The molecule has 0 saturated carbocycles. The molecule has 0 radical (unpaired) electrons. The van der Waals surface area contributed by atoms with Crippen LogP contribution in [0.4, 0.5) is 0 Å². The van der Waals surface area contributed by atoms with E-state index in [2.05, 4.69) is 0 Å². The molecule has 0 fully saturated rings. The molecular formula is C17H15NO3. The number of ether oxygens (including phenoxy) is 1. The number of benzene rings is 2. The summed E-state index contributed by atoms with van der Waals surface area (Å²) in [5.74, 6) is 0.651. The Labute approximate surface area is 121 Å². The molecule has 3 rings (SSSR count). The number of hydrogen-bond acceptors (Lipinski definition) is 4. The first kappa shape index (κ1) is 13.4. The second-order valence-corrected chi connectivity index (χ2v) is 4.59. The van der Waals surface area contributed by atoms with E-state index in [9.17, 15) is 4.79 Å². The summed E-state index contributed by atoms with van der Waals surface area (Å²) in [6.07, 6.45) is 0. The van der Waals surface area contributed by atoms with Crippen LogP contribution in [0, 0.1) is 0 Å². The number of nitrogens with two attached hydrogens (primary N) is 1. The number of para-hydroxylation sites is 1. The first-order valence-corrected chi connectivity index (χ1v) is 6.75. The van der Waals surface area contributed by atoms with Crippen molar-refractivity contribution in [2.75, 3.05) is 13.2 Å². The third-order valence-electron chi connectivity index (χ3n) is 3.16. The van der Waals surface area contributed by atoms with E-state index < -0.39 is 0 Å². The van der Waals surface area contributed by atoms with E-state index in [-0.39, 0.29) is 17.8 Å². The maximum Gasteiger partial charge on any atom is 0.235 e. The van der Waals surface area contributed by atoms with Crippen molar-refractivity contribution in [1.82, 2.24) is 0 Å². The molecule has 0 saturated heterocycles. The molecule has 1 heterocycles. The zero-order valence-electron chi connectivity index (χ0n) is 11.4. The van der Waals surface area contributed by atoms with E-state index >= 15 is 0 Å². The molecule has 0 aliphatic carbocycles. The van der Waals surface area contributed by atoms with E-state index in [1.807, 2.05) is 36.4 Å². The second kappa shape index (κ2) is 5.81. The van der Waals surface area contributed by atoms with Crippen molar-refractivity contribution in [3.05, 3.63) is 64.8 Å². The molecule has 0 aliphatic rings. The highest BCUT2D eigenvalue weighted by Crippen LogP contribution is 2.30. The van der Waals surface area contributed by atoms with Gasteiger partial charge in [-0.15, -0.1) is 0 Å². The summed E-state index contributed by atoms with van der Waals surface area (Å²) >= 11 is 0. The number of rotatable bonds is 4. The summed E-state index contributed by atoms with van der Waals surface area (Å²) in [6.45, 7) is 0.601. The Balaban J connectivity index is 2.28. The predicted octanol–water partition coefficient (Wildman–Crippen LogP) is 2.80. The molecule has 0 atom stereocenters. The van der Waals surface area contributed by atoms with Crippen molar-refractivity contribution in [1.29, 1.82) is 0 Å². The lowest BCUT2D eigenvalue weighted by atomic mass is 10.1. The lowest BCUT2D eigenvalue weighted by molar-refractivity contribution is 0.319. The Kier molecular flexibility index (Phi) is 3.71. The molecule has 0 spiro atoms. The van der Waals surface area contributed by atoms with Gasteiger partial charge in [-0.05, 0) is 12.1 Å². The van der Waals surface area contributed by atoms with Crippen molar-refractivity contribution in [3.63, 3.8) is 0 Å². The van der Waals surface area contributed by atoms with Gasteiger partial charge >= 0.3 is 0 Å². The van der Waals surface area contributed by atoms with Crippen LogP contribution in [-0.2, 0) is 0 Å². The van der Waals surface area contributed by atoms with Crippen LogP contribution in [0.2, 0.25) is 0 Å². The van der Waals surface area contributed by atoms with Gasteiger partial charge in [0.05, 0.1) is 5.39 Å². The monoisotopic (exact) mass is 281 g/mol. The van der Waals surface area contributed by atoms with Crippen molar-refractivity contribution in [2.24, 2.45) is 5.73 Å². The Morgan fingerprint density at radius 2 is 1.71 bits per heavy atom. The van der Waals surface area contributed by atoms with E-state index in [0.717, 1.165) is 5.56 Å². The topological polar surface area (TPSA) is 65.5 Å². The Morgan fingerprint density at radius 1 is 1.00 bits per heavy atom. The van der Waals surface area contributed by atoms with Crippen LogP contribution in [0.15, 0.2) is 63.8 Å². The molecule has 21 heavy (non-hydrogen) atoms. The van der Waals surface area contributed by atoms with E-state index in [1.54, 1.807) is 18.2 Å². The van der Waals surface area contributed by atoms with Crippen molar-refractivity contribution in [2.45, 2.75) is 0 Å². The zero-order valence-corrected chi connectivity index (χ0v) is 11.4.